The fraction of sp³-hybridized carbons (Fsp3) is 0.214. The number of nitrogens with one attached hydrogen (secondary N) is 2. The third kappa shape index (κ3) is 3.59. The molecule has 1 aromatic rings. The van der Waals surface area contributed by atoms with Gasteiger partial charge in [0, 0.05) is 10.7 Å². The lowest BCUT2D eigenvalue weighted by molar-refractivity contribution is 0.555. The van der Waals surface area contributed by atoms with Crippen molar-refractivity contribution in [3.05, 3.63) is 52.7 Å². The van der Waals surface area contributed by atoms with Crippen LogP contribution in [0.25, 0.3) is 6.08 Å². The highest BCUT2D eigenvalue weighted by atomic mass is 35.5. The summed E-state index contributed by atoms with van der Waals surface area (Å²) in [5, 5.41) is 7.70. The molecule has 0 fully saturated rings. The van der Waals surface area contributed by atoms with E-state index in [1.54, 1.807) is 0 Å². The molecule has 18 heavy (non-hydrogen) atoms. The Hall–Kier alpha value is -1.32. The van der Waals surface area contributed by atoms with Crippen LogP contribution in [0.2, 0.25) is 5.02 Å². The van der Waals surface area contributed by atoms with Crippen LogP contribution in [0.5, 0.6) is 0 Å². The molecular formula is C14H15ClN2S. The summed E-state index contributed by atoms with van der Waals surface area (Å²) in [6.07, 6.45) is 6.15. The highest BCUT2D eigenvalue weighted by molar-refractivity contribution is 7.80. The molecule has 0 radical (unpaired) electrons. The molecule has 0 saturated heterocycles. The van der Waals surface area contributed by atoms with Gasteiger partial charge in [0.15, 0.2) is 5.11 Å². The number of halogens is 1. The Labute approximate surface area is 118 Å². The largest absolute Gasteiger partial charge is 0.354 e. The van der Waals surface area contributed by atoms with Gasteiger partial charge in [-0.3, -0.25) is 0 Å². The second kappa shape index (κ2) is 5.12. The molecule has 0 aliphatic carbocycles. The quantitative estimate of drug-likeness (QED) is 0.810. The van der Waals surface area contributed by atoms with Crippen LogP contribution in [0.3, 0.4) is 0 Å². The maximum atomic E-state index is 5.84. The van der Waals surface area contributed by atoms with Crippen LogP contribution >= 0.6 is 23.8 Å². The topological polar surface area (TPSA) is 24.1 Å². The Morgan fingerprint density at radius 1 is 1.17 bits per heavy atom. The van der Waals surface area contributed by atoms with Gasteiger partial charge in [0.1, 0.15) is 0 Å². The zero-order valence-electron chi connectivity index (χ0n) is 10.3. The van der Waals surface area contributed by atoms with E-state index < -0.39 is 0 Å². The Balaban J connectivity index is 2.16. The maximum absolute atomic E-state index is 5.84. The standard InChI is InChI=1S/C14H15ClN2S/c1-14(2)9-12(16-13(18)17-14)8-5-10-3-6-11(15)7-4-10/h3-9H,1-2H3,(H2,16,17,18). The highest BCUT2D eigenvalue weighted by Crippen LogP contribution is 2.15. The van der Waals surface area contributed by atoms with Gasteiger partial charge in [-0.25, -0.2) is 0 Å². The van der Waals surface area contributed by atoms with E-state index in [1.165, 1.54) is 0 Å². The van der Waals surface area contributed by atoms with Crippen molar-refractivity contribution in [2.24, 2.45) is 0 Å². The molecule has 2 rings (SSSR count). The van der Waals surface area contributed by atoms with E-state index in [4.69, 9.17) is 23.8 Å². The molecule has 2 N–H and O–H groups in total. The summed E-state index contributed by atoms with van der Waals surface area (Å²) in [7, 11) is 0. The number of hydrogen-bond donors (Lipinski definition) is 2. The minimum atomic E-state index is -0.123. The molecule has 1 aliphatic heterocycles. The van der Waals surface area contributed by atoms with Crippen molar-refractivity contribution in [1.82, 2.24) is 10.6 Å². The minimum absolute atomic E-state index is 0.123. The van der Waals surface area contributed by atoms with Crippen molar-refractivity contribution in [1.29, 1.82) is 0 Å². The molecule has 0 unspecified atom stereocenters. The fourth-order valence-electron chi connectivity index (χ4n) is 1.77. The molecule has 1 aliphatic rings. The van der Waals surface area contributed by atoms with Crippen LogP contribution in [0.1, 0.15) is 19.4 Å². The van der Waals surface area contributed by atoms with Gasteiger partial charge in [-0.15, -0.1) is 0 Å². The number of thiocarbonyl (C=S) groups is 1. The molecular weight excluding hydrogens is 264 g/mol. The van der Waals surface area contributed by atoms with Gasteiger partial charge in [0.05, 0.1) is 5.54 Å². The van der Waals surface area contributed by atoms with Gasteiger partial charge < -0.3 is 10.6 Å². The minimum Gasteiger partial charge on any atom is -0.354 e. The van der Waals surface area contributed by atoms with Gasteiger partial charge >= 0.3 is 0 Å². The van der Waals surface area contributed by atoms with E-state index in [1.807, 2.05) is 36.4 Å². The van der Waals surface area contributed by atoms with Gasteiger partial charge in [0.2, 0.25) is 0 Å². The van der Waals surface area contributed by atoms with E-state index in [2.05, 4.69) is 30.6 Å². The zero-order valence-corrected chi connectivity index (χ0v) is 11.9. The number of rotatable bonds is 2. The lowest BCUT2D eigenvalue weighted by Crippen LogP contribution is -2.51. The lowest BCUT2D eigenvalue weighted by Gasteiger charge is -2.30. The summed E-state index contributed by atoms with van der Waals surface area (Å²) < 4.78 is 0. The maximum Gasteiger partial charge on any atom is 0.171 e. The summed E-state index contributed by atoms with van der Waals surface area (Å²) in [5.41, 5.74) is 1.98. The second-order valence-corrected chi connectivity index (χ2v) is 5.63. The van der Waals surface area contributed by atoms with Crippen LogP contribution in [0.4, 0.5) is 0 Å². The van der Waals surface area contributed by atoms with Gasteiger partial charge in [-0.1, -0.05) is 29.8 Å². The van der Waals surface area contributed by atoms with Crippen molar-refractivity contribution < 1.29 is 0 Å². The number of hydrogen-bond acceptors (Lipinski definition) is 1. The average molecular weight is 279 g/mol. The average Bonchev–Trinajstić information content (AvgIpc) is 2.25. The molecule has 4 heteroatoms. The van der Waals surface area contributed by atoms with E-state index in [-0.39, 0.29) is 5.54 Å². The summed E-state index contributed by atoms with van der Waals surface area (Å²) >= 11 is 11.0. The van der Waals surface area contributed by atoms with Gasteiger partial charge in [0.25, 0.3) is 0 Å². The van der Waals surface area contributed by atoms with E-state index in [9.17, 15) is 0 Å². The molecule has 2 nitrogen and oxygen atoms in total. The van der Waals surface area contributed by atoms with Crippen LogP contribution in [0.15, 0.2) is 42.1 Å². The van der Waals surface area contributed by atoms with Crippen molar-refractivity contribution in [3.63, 3.8) is 0 Å². The van der Waals surface area contributed by atoms with Crippen LogP contribution in [-0.2, 0) is 0 Å². The summed E-state index contributed by atoms with van der Waals surface area (Å²) in [4.78, 5) is 0. The Morgan fingerprint density at radius 3 is 2.44 bits per heavy atom. The predicted molar refractivity (Wildman–Crippen MR) is 81.5 cm³/mol. The Bertz CT molecular complexity index is 515. The SMILES string of the molecule is CC1(C)C=C(C=Cc2ccc(Cl)cc2)NC(=S)N1. The van der Waals surface area contributed by atoms with Crippen molar-refractivity contribution in [3.8, 4) is 0 Å². The molecule has 0 bridgehead atoms. The Kier molecular flexibility index (Phi) is 3.73. The van der Waals surface area contributed by atoms with E-state index >= 15 is 0 Å². The van der Waals surface area contributed by atoms with Crippen molar-refractivity contribution in [2.75, 3.05) is 0 Å². The van der Waals surface area contributed by atoms with Gasteiger partial charge in [-0.05, 0) is 55.9 Å². The lowest BCUT2D eigenvalue weighted by atomic mass is 10.0. The van der Waals surface area contributed by atoms with Gasteiger partial charge in [-0.2, -0.15) is 0 Å². The first-order valence-corrected chi connectivity index (χ1v) is 6.49. The number of benzene rings is 1. The summed E-state index contributed by atoms with van der Waals surface area (Å²) in [6.45, 7) is 4.16. The molecule has 0 amide bonds. The molecule has 1 heterocycles. The van der Waals surface area contributed by atoms with Crippen molar-refractivity contribution in [2.45, 2.75) is 19.4 Å². The Morgan fingerprint density at radius 2 is 1.83 bits per heavy atom. The summed E-state index contributed by atoms with van der Waals surface area (Å²) in [5.74, 6) is 0. The second-order valence-electron chi connectivity index (χ2n) is 4.79. The normalized spacial score (nSPS) is 18.2. The highest BCUT2D eigenvalue weighted by Gasteiger charge is 2.20. The number of allylic oxidation sites excluding steroid dienone is 1. The predicted octanol–water partition coefficient (Wildman–Crippen LogP) is 3.49. The molecule has 0 saturated carbocycles. The zero-order chi connectivity index (χ0) is 13.2. The molecule has 0 atom stereocenters. The molecule has 0 spiro atoms. The van der Waals surface area contributed by atoms with Crippen LogP contribution < -0.4 is 10.6 Å². The molecule has 1 aromatic carbocycles. The monoisotopic (exact) mass is 278 g/mol. The smallest absolute Gasteiger partial charge is 0.171 e. The third-order valence-corrected chi connectivity index (χ3v) is 2.99. The molecule has 94 valence electrons. The first-order chi connectivity index (χ1) is 8.44. The van der Waals surface area contributed by atoms with Crippen molar-refractivity contribution >= 4 is 35.0 Å². The van der Waals surface area contributed by atoms with E-state index in [0.29, 0.717) is 5.11 Å². The van der Waals surface area contributed by atoms with Crippen LogP contribution in [0, 0.1) is 0 Å². The summed E-state index contributed by atoms with van der Waals surface area (Å²) in [6, 6.07) is 7.70. The van der Waals surface area contributed by atoms with Crippen LogP contribution in [-0.4, -0.2) is 10.7 Å². The third-order valence-electron chi connectivity index (χ3n) is 2.54. The first kappa shape index (κ1) is 13.1. The first-order valence-electron chi connectivity index (χ1n) is 5.70. The fourth-order valence-corrected chi connectivity index (χ4v) is 2.27. The molecule has 0 aromatic heterocycles. The van der Waals surface area contributed by atoms with E-state index in [0.717, 1.165) is 16.3 Å².